The van der Waals surface area contributed by atoms with Crippen LogP contribution in [0.2, 0.25) is 0 Å². The molecule has 0 atom stereocenters. The number of aryl methyl sites for hydroxylation is 2. The maximum atomic E-state index is 12.4. The Morgan fingerprint density at radius 1 is 1.20 bits per heavy atom. The Hall–Kier alpha value is -3.48. The molecule has 7 heteroatoms. The van der Waals surface area contributed by atoms with Crippen molar-refractivity contribution in [2.24, 2.45) is 0 Å². The lowest BCUT2D eigenvalue weighted by Gasteiger charge is -2.11. The first-order valence-corrected chi connectivity index (χ1v) is 10.1. The summed E-state index contributed by atoms with van der Waals surface area (Å²) in [4.78, 5) is 21.3. The molecule has 0 saturated carbocycles. The molecule has 0 spiro atoms. The predicted molar refractivity (Wildman–Crippen MR) is 116 cm³/mol. The van der Waals surface area contributed by atoms with Gasteiger partial charge in [-0.2, -0.15) is 5.10 Å². The van der Waals surface area contributed by atoms with Crippen LogP contribution in [0.15, 0.2) is 42.6 Å². The molecule has 4 rings (SSSR count). The van der Waals surface area contributed by atoms with Gasteiger partial charge in [0.1, 0.15) is 0 Å². The van der Waals surface area contributed by atoms with Crippen molar-refractivity contribution in [1.29, 1.82) is 0 Å². The Kier molecular flexibility index (Phi) is 5.61. The highest BCUT2D eigenvalue weighted by atomic mass is 16.5. The van der Waals surface area contributed by atoms with Crippen molar-refractivity contribution < 1.29 is 9.53 Å². The van der Waals surface area contributed by atoms with E-state index in [2.05, 4.69) is 15.4 Å². The molecule has 0 saturated heterocycles. The zero-order chi connectivity index (χ0) is 21.1. The molecular weight excluding hydrogens is 378 g/mol. The molecule has 3 aromatic heterocycles. The molecule has 0 unspecified atom stereocenters. The van der Waals surface area contributed by atoms with E-state index < -0.39 is 0 Å². The zero-order valence-corrected chi connectivity index (χ0v) is 17.5. The number of carbonyl (C=O) groups excluding carboxylic acids is 1. The summed E-state index contributed by atoms with van der Waals surface area (Å²) in [6.45, 7) is 6.95. The van der Waals surface area contributed by atoms with E-state index in [0.717, 1.165) is 39.1 Å². The van der Waals surface area contributed by atoms with Gasteiger partial charge >= 0.3 is 0 Å². The molecule has 0 aliphatic carbocycles. The van der Waals surface area contributed by atoms with Crippen molar-refractivity contribution >= 4 is 22.5 Å². The third kappa shape index (κ3) is 3.96. The summed E-state index contributed by atoms with van der Waals surface area (Å²) in [6, 6.07) is 11.7. The van der Waals surface area contributed by atoms with E-state index in [0.29, 0.717) is 31.9 Å². The van der Waals surface area contributed by atoms with Gasteiger partial charge in [0, 0.05) is 42.0 Å². The van der Waals surface area contributed by atoms with Gasteiger partial charge in [-0.25, -0.2) is 14.5 Å². The molecule has 154 valence electrons. The van der Waals surface area contributed by atoms with E-state index in [1.54, 1.807) is 6.20 Å². The van der Waals surface area contributed by atoms with Gasteiger partial charge in [0.25, 0.3) is 0 Å². The second-order valence-electron chi connectivity index (χ2n) is 7.23. The van der Waals surface area contributed by atoms with Crippen LogP contribution in [0.4, 0.5) is 0 Å². The molecule has 0 aliphatic rings. The van der Waals surface area contributed by atoms with Crippen LogP contribution in [-0.2, 0) is 17.8 Å². The van der Waals surface area contributed by atoms with Crippen LogP contribution in [0.5, 0.6) is 5.88 Å². The number of benzene rings is 1. The average Bonchev–Trinajstić information content (AvgIpc) is 3.11. The minimum absolute atomic E-state index is 0.00528. The summed E-state index contributed by atoms with van der Waals surface area (Å²) < 4.78 is 7.29. The van der Waals surface area contributed by atoms with Crippen molar-refractivity contribution in [2.45, 2.75) is 40.2 Å². The van der Waals surface area contributed by atoms with Gasteiger partial charge in [-0.3, -0.25) is 4.79 Å². The fourth-order valence-corrected chi connectivity index (χ4v) is 3.65. The van der Waals surface area contributed by atoms with Crippen LogP contribution in [0.25, 0.3) is 16.6 Å². The van der Waals surface area contributed by atoms with Crippen molar-refractivity contribution in [1.82, 2.24) is 24.9 Å². The van der Waals surface area contributed by atoms with Crippen LogP contribution in [0.3, 0.4) is 0 Å². The summed E-state index contributed by atoms with van der Waals surface area (Å²) in [5.74, 6) is 0.566. The molecule has 0 aliphatic heterocycles. The number of nitrogens with zero attached hydrogens (tertiary/aromatic N) is 4. The molecular formula is C23H25N5O2. The number of amides is 1. The van der Waals surface area contributed by atoms with Crippen molar-refractivity contribution in [2.75, 3.05) is 6.61 Å². The number of rotatable bonds is 7. The number of aromatic nitrogens is 4. The third-order valence-corrected chi connectivity index (χ3v) is 5.20. The molecule has 0 fully saturated rings. The first-order chi connectivity index (χ1) is 14.6. The van der Waals surface area contributed by atoms with Crippen LogP contribution in [0.1, 0.15) is 35.9 Å². The molecule has 1 amide bonds. The number of carbonyl (C=O) groups is 1. The lowest BCUT2D eigenvalue weighted by Crippen LogP contribution is -2.23. The average molecular weight is 403 g/mol. The Morgan fingerprint density at radius 3 is 2.87 bits per heavy atom. The largest absolute Gasteiger partial charge is 0.478 e. The third-order valence-electron chi connectivity index (χ3n) is 5.20. The molecule has 4 aromatic rings. The maximum Gasteiger partial charge on any atom is 0.220 e. The molecule has 1 aromatic carbocycles. The number of pyridine rings is 1. The lowest BCUT2D eigenvalue weighted by atomic mass is 10.1. The Labute approximate surface area is 175 Å². The number of hydrogen-bond donors (Lipinski definition) is 1. The molecule has 0 bridgehead atoms. The van der Waals surface area contributed by atoms with Gasteiger partial charge in [-0.15, -0.1) is 0 Å². The number of ether oxygens (including phenoxy) is 1. The molecule has 3 heterocycles. The van der Waals surface area contributed by atoms with Crippen molar-refractivity contribution in [3.05, 3.63) is 65.1 Å². The van der Waals surface area contributed by atoms with Crippen molar-refractivity contribution in [3.8, 4) is 5.88 Å². The summed E-state index contributed by atoms with van der Waals surface area (Å²) in [5.41, 5.74) is 5.77. The smallest absolute Gasteiger partial charge is 0.220 e. The van der Waals surface area contributed by atoms with Crippen LogP contribution >= 0.6 is 0 Å². The topological polar surface area (TPSA) is 81.4 Å². The number of nitrogens with one attached hydrogen (secondary N) is 1. The van der Waals surface area contributed by atoms with Gasteiger partial charge in [-0.1, -0.05) is 12.1 Å². The fourth-order valence-electron chi connectivity index (χ4n) is 3.65. The summed E-state index contributed by atoms with van der Waals surface area (Å²) in [5, 5.41) is 8.69. The monoisotopic (exact) mass is 403 g/mol. The van der Waals surface area contributed by atoms with Gasteiger partial charge in [-0.05, 0) is 56.5 Å². The van der Waals surface area contributed by atoms with Gasteiger partial charge in [0.05, 0.1) is 12.1 Å². The van der Waals surface area contributed by atoms with Gasteiger partial charge < -0.3 is 10.1 Å². The van der Waals surface area contributed by atoms with E-state index in [1.165, 1.54) is 0 Å². The van der Waals surface area contributed by atoms with E-state index in [1.807, 2.05) is 61.7 Å². The van der Waals surface area contributed by atoms with E-state index in [9.17, 15) is 4.79 Å². The van der Waals surface area contributed by atoms with E-state index in [-0.39, 0.29) is 5.91 Å². The molecule has 7 nitrogen and oxygen atoms in total. The zero-order valence-electron chi connectivity index (χ0n) is 17.5. The van der Waals surface area contributed by atoms with Gasteiger partial charge in [0.15, 0.2) is 5.65 Å². The van der Waals surface area contributed by atoms with Crippen molar-refractivity contribution in [3.63, 3.8) is 0 Å². The van der Waals surface area contributed by atoms with Crippen LogP contribution in [-0.4, -0.2) is 32.1 Å². The van der Waals surface area contributed by atoms with Crippen LogP contribution in [0, 0.1) is 13.8 Å². The minimum Gasteiger partial charge on any atom is -0.478 e. The predicted octanol–water partition coefficient (Wildman–Crippen LogP) is 3.54. The first-order valence-electron chi connectivity index (χ1n) is 10.1. The number of hydrogen-bond acceptors (Lipinski definition) is 5. The molecule has 1 N–H and O–H groups in total. The van der Waals surface area contributed by atoms with Gasteiger partial charge in [0.2, 0.25) is 11.8 Å². The summed E-state index contributed by atoms with van der Waals surface area (Å²) in [6.07, 6.45) is 2.69. The second-order valence-corrected chi connectivity index (χ2v) is 7.23. The normalized spacial score (nSPS) is 11.2. The standard InChI is InChI=1S/C23H25N5O2/c1-4-30-22-13-17(11-12-24-22)14-25-21(29)10-9-18-15(2)26-23-19-7-5-6-8-20(19)27-28(23)16(18)3/h5-8,11-13H,4,9-10,14H2,1-3H3,(H,25,29). The maximum absolute atomic E-state index is 12.4. The Bertz CT molecular complexity index is 1220. The highest BCUT2D eigenvalue weighted by Gasteiger charge is 2.15. The second kappa shape index (κ2) is 8.49. The van der Waals surface area contributed by atoms with E-state index >= 15 is 0 Å². The summed E-state index contributed by atoms with van der Waals surface area (Å²) in [7, 11) is 0. The molecule has 0 radical (unpaired) electrons. The SMILES string of the molecule is CCOc1cc(CNC(=O)CCc2c(C)nc3c4ccccc4nn3c2C)ccn1. The lowest BCUT2D eigenvalue weighted by molar-refractivity contribution is -0.121. The quantitative estimate of drug-likeness (QED) is 0.510. The fraction of sp³-hybridized carbons (Fsp3) is 0.304. The first kappa shape index (κ1) is 19.8. The number of fused-ring (bicyclic) bond motifs is 3. The van der Waals surface area contributed by atoms with E-state index in [4.69, 9.17) is 9.72 Å². The Balaban J connectivity index is 1.45. The Morgan fingerprint density at radius 2 is 2.03 bits per heavy atom. The minimum atomic E-state index is -0.00528. The highest BCUT2D eigenvalue weighted by Crippen LogP contribution is 2.23. The molecule has 30 heavy (non-hydrogen) atoms. The summed E-state index contributed by atoms with van der Waals surface area (Å²) >= 11 is 0. The van der Waals surface area contributed by atoms with Crippen LogP contribution < -0.4 is 10.1 Å². The highest BCUT2D eigenvalue weighted by molar-refractivity contribution is 5.92.